The molecule has 0 aliphatic carbocycles. The lowest BCUT2D eigenvalue weighted by molar-refractivity contribution is -0.402. The zero-order chi connectivity index (χ0) is 13.8. The van der Waals surface area contributed by atoms with E-state index in [1.807, 2.05) is 0 Å². The molecule has 18 heavy (non-hydrogen) atoms. The molecule has 0 radical (unpaired) electrons. The number of hydrogen-bond donors (Lipinski definition) is 0. The molecule has 0 aliphatic rings. The van der Waals surface area contributed by atoms with Crippen LogP contribution in [0, 0.1) is 10.1 Å². The molecule has 0 N–H and O–H groups in total. The van der Waals surface area contributed by atoms with E-state index in [9.17, 15) is 14.7 Å². The molecule has 0 bridgehead atoms. The summed E-state index contributed by atoms with van der Waals surface area (Å²) in [5.74, 6) is -0.207. The van der Waals surface area contributed by atoms with Gasteiger partial charge in [-0.05, 0) is 24.4 Å². The summed E-state index contributed by atoms with van der Waals surface area (Å²) in [6.07, 6.45) is 0. The Morgan fingerprint density at radius 3 is 2.83 bits per heavy atom. The van der Waals surface area contributed by atoms with Gasteiger partial charge in [0.25, 0.3) is 0 Å². The van der Waals surface area contributed by atoms with E-state index in [2.05, 4.69) is 15.9 Å². The van der Waals surface area contributed by atoms with Crippen LogP contribution in [0.25, 0.3) is 0 Å². The van der Waals surface area contributed by atoms with Crippen LogP contribution in [0.2, 0.25) is 0 Å². The van der Waals surface area contributed by atoms with Gasteiger partial charge in [-0.15, -0.1) is 0 Å². The molecule has 7 nitrogen and oxygen atoms in total. The van der Waals surface area contributed by atoms with Crippen molar-refractivity contribution in [3.8, 4) is 0 Å². The molecule has 1 aromatic heterocycles. The maximum atomic E-state index is 11.9. The Morgan fingerprint density at radius 1 is 1.67 bits per heavy atom. The average molecular weight is 362 g/mol. The molecular weight excluding hydrogens is 350 g/mol. The van der Waals surface area contributed by atoms with Crippen molar-refractivity contribution in [1.29, 1.82) is 0 Å². The summed E-state index contributed by atoms with van der Waals surface area (Å²) in [6.45, 7) is -3.18. The lowest BCUT2D eigenvalue weighted by Gasteiger charge is -2.20. The lowest BCUT2D eigenvalue weighted by Crippen LogP contribution is -2.16. The topological polar surface area (TPSA) is 85.8 Å². The van der Waals surface area contributed by atoms with E-state index in [4.69, 9.17) is 20.2 Å². The number of halogens is 2. The summed E-state index contributed by atoms with van der Waals surface area (Å²) in [4.78, 5) is 9.72. The molecular formula is C8H11BrClN2O5P. The molecule has 0 amide bonds. The Kier molecular flexibility index (Phi) is 5.81. The molecule has 0 saturated heterocycles. The number of hydrogen-bond acceptors (Lipinski definition) is 5. The second-order valence-corrected chi connectivity index (χ2v) is 7.21. The van der Waals surface area contributed by atoms with Crippen molar-refractivity contribution in [2.75, 3.05) is 18.9 Å². The summed E-state index contributed by atoms with van der Waals surface area (Å²) < 4.78 is 23.1. The zero-order valence-corrected chi connectivity index (χ0v) is 12.7. The third-order valence-corrected chi connectivity index (χ3v) is 4.89. The van der Waals surface area contributed by atoms with Crippen LogP contribution in [0.1, 0.15) is 5.76 Å². The van der Waals surface area contributed by atoms with Gasteiger partial charge in [-0.1, -0.05) is 15.9 Å². The fourth-order valence-corrected chi connectivity index (χ4v) is 3.03. The number of nitrogens with zero attached hydrogens (tertiary/aromatic N) is 2. The van der Waals surface area contributed by atoms with Crippen molar-refractivity contribution >= 4 is 39.9 Å². The highest BCUT2D eigenvalue weighted by atomic mass is 79.9. The Hall–Kier alpha value is -0.400. The smallest absolute Gasteiger partial charge is 0.403 e. The third-order valence-electron chi connectivity index (χ3n) is 2.01. The number of nitro groups is 1. The summed E-state index contributed by atoms with van der Waals surface area (Å²) in [7, 11) is 1.56. The molecule has 0 aromatic carbocycles. The monoisotopic (exact) mass is 360 g/mol. The highest BCUT2D eigenvalue weighted by Crippen LogP contribution is 2.55. The van der Waals surface area contributed by atoms with Crippen LogP contribution < -0.4 is 0 Å². The second kappa shape index (κ2) is 6.68. The van der Waals surface area contributed by atoms with Crippen LogP contribution in [0.3, 0.4) is 0 Å². The van der Waals surface area contributed by atoms with Gasteiger partial charge in [-0.2, -0.15) is 0 Å². The van der Waals surface area contributed by atoms with Gasteiger partial charge in [0.2, 0.25) is 0 Å². The molecule has 0 spiro atoms. The zero-order valence-electron chi connectivity index (χ0n) is 9.41. The lowest BCUT2D eigenvalue weighted by atomic mass is 10.5. The minimum Gasteiger partial charge on any atom is -0.403 e. The summed E-state index contributed by atoms with van der Waals surface area (Å²) in [5, 5.41) is 11.0. The maximum Gasteiger partial charge on any atom is 0.433 e. The normalized spacial score (nSPS) is 14.7. The molecule has 1 atom stereocenters. The summed E-state index contributed by atoms with van der Waals surface area (Å²) in [5.41, 5.74) is 0. The van der Waals surface area contributed by atoms with Crippen molar-refractivity contribution in [2.45, 2.75) is 6.61 Å². The van der Waals surface area contributed by atoms with Gasteiger partial charge in [0, 0.05) is 11.9 Å². The van der Waals surface area contributed by atoms with Crippen LogP contribution in [0.15, 0.2) is 16.5 Å². The van der Waals surface area contributed by atoms with E-state index < -0.39 is 17.7 Å². The largest absolute Gasteiger partial charge is 0.433 e. The quantitative estimate of drug-likeness (QED) is 0.320. The summed E-state index contributed by atoms with van der Waals surface area (Å²) >= 11 is 8.93. The standard InChI is InChI=1S/C8H11BrClN2O5P/c1-11(5-4-9)18(10,15)16-6-7-2-3-8(17-7)12(13)14/h2-3H,4-6H2,1H3. The Balaban J connectivity index is 2.58. The number of furan rings is 1. The van der Waals surface area contributed by atoms with Crippen molar-refractivity contribution in [1.82, 2.24) is 4.67 Å². The summed E-state index contributed by atoms with van der Waals surface area (Å²) in [6, 6.07) is 2.57. The molecule has 1 rings (SSSR count). The van der Waals surface area contributed by atoms with Crippen molar-refractivity contribution in [3.63, 3.8) is 0 Å². The maximum absolute atomic E-state index is 11.9. The molecule has 1 unspecified atom stereocenters. The molecule has 1 aromatic rings. The Bertz CT molecular complexity index is 468. The first-order valence-corrected chi connectivity index (χ1v) is 8.42. The average Bonchev–Trinajstić information content (AvgIpc) is 2.75. The Morgan fingerprint density at radius 2 is 2.33 bits per heavy atom. The minimum atomic E-state index is -3.43. The third kappa shape index (κ3) is 4.37. The van der Waals surface area contributed by atoms with Crippen LogP contribution in [0.4, 0.5) is 5.88 Å². The van der Waals surface area contributed by atoms with Crippen molar-refractivity contribution in [2.24, 2.45) is 0 Å². The van der Waals surface area contributed by atoms with Gasteiger partial charge in [0.05, 0.1) is 6.07 Å². The van der Waals surface area contributed by atoms with Gasteiger partial charge in [-0.25, -0.2) is 4.67 Å². The van der Waals surface area contributed by atoms with Gasteiger partial charge < -0.3 is 4.42 Å². The minimum absolute atomic E-state index is 0.190. The van der Waals surface area contributed by atoms with Gasteiger partial charge >= 0.3 is 12.8 Å². The number of alkyl halides is 1. The SMILES string of the molecule is CN(CCBr)P(=O)(Cl)OCc1ccc([N+](=O)[O-])o1. The molecule has 102 valence electrons. The predicted molar refractivity (Wildman–Crippen MR) is 70.0 cm³/mol. The molecule has 1 heterocycles. The molecule has 0 saturated carbocycles. The van der Waals surface area contributed by atoms with Crippen LogP contribution in [-0.2, 0) is 15.7 Å². The van der Waals surface area contributed by atoms with Gasteiger partial charge in [0.15, 0.2) is 0 Å². The van der Waals surface area contributed by atoms with Crippen LogP contribution >= 0.6 is 34.0 Å². The van der Waals surface area contributed by atoms with Crippen molar-refractivity contribution < 1.29 is 18.4 Å². The van der Waals surface area contributed by atoms with Gasteiger partial charge in [0.1, 0.15) is 17.3 Å². The van der Waals surface area contributed by atoms with Crippen LogP contribution in [0.5, 0.6) is 0 Å². The fourth-order valence-electron chi connectivity index (χ4n) is 1.03. The van der Waals surface area contributed by atoms with Crippen LogP contribution in [-0.4, -0.2) is 28.5 Å². The number of rotatable bonds is 7. The Labute approximate surface area is 117 Å². The van der Waals surface area contributed by atoms with Gasteiger partial charge in [-0.3, -0.25) is 19.2 Å². The molecule has 0 aliphatic heterocycles. The highest BCUT2D eigenvalue weighted by Gasteiger charge is 2.26. The van der Waals surface area contributed by atoms with E-state index in [0.717, 1.165) is 0 Å². The van der Waals surface area contributed by atoms with E-state index >= 15 is 0 Å². The first-order chi connectivity index (χ1) is 8.36. The fraction of sp³-hybridized carbons (Fsp3) is 0.500. The molecule has 10 heteroatoms. The highest BCUT2D eigenvalue weighted by molar-refractivity contribution is 9.09. The van der Waals surface area contributed by atoms with E-state index in [1.165, 1.54) is 16.8 Å². The van der Waals surface area contributed by atoms with E-state index in [1.54, 1.807) is 7.05 Å². The first kappa shape index (κ1) is 15.7. The predicted octanol–water partition coefficient (Wildman–Crippen LogP) is 3.38. The van der Waals surface area contributed by atoms with Crippen molar-refractivity contribution in [3.05, 3.63) is 28.0 Å². The molecule has 0 fully saturated rings. The van der Waals surface area contributed by atoms with E-state index in [0.29, 0.717) is 11.9 Å². The first-order valence-electron chi connectivity index (χ1n) is 4.81. The second-order valence-electron chi connectivity index (χ2n) is 3.29. The van der Waals surface area contributed by atoms with E-state index in [-0.39, 0.29) is 12.4 Å².